The summed E-state index contributed by atoms with van der Waals surface area (Å²) in [5.74, 6) is -0.738. The predicted octanol–water partition coefficient (Wildman–Crippen LogP) is 2.46. The summed E-state index contributed by atoms with van der Waals surface area (Å²) in [5.41, 5.74) is 1.12. The molecule has 0 atom stereocenters. The van der Waals surface area contributed by atoms with Crippen molar-refractivity contribution in [3.05, 3.63) is 29.6 Å². The van der Waals surface area contributed by atoms with Crippen molar-refractivity contribution in [2.75, 3.05) is 6.86 Å². The number of aromatic nitrogens is 1. The number of halogens is 1. The summed E-state index contributed by atoms with van der Waals surface area (Å²) in [6, 6.07) is 3.33. The molecule has 0 amide bonds. The van der Waals surface area contributed by atoms with E-state index < -0.39 is 12.8 Å². The van der Waals surface area contributed by atoms with Crippen molar-refractivity contribution in [2.24, 2.45) is 0 Å². The average Bonchev–Trinajstić information content (AvgIpc) is 2.17. The van der Waals surface area contributed by atoms with Crippen molar-refractivity contribution in [1.29, 1.82) is 0 Å². The second kappa shape index (κ2) is 4.38. The number of hydrogen-bond donors (Lipinski definition) is 0. The van der Waals surface area contributed by atoms with Crippen molar-refractivity contribution >= 4 is 5.97 Å². The summed E-state index contributed by atoms with van der Waals surface area (Å²) < 4.78 is 15.9. The molecular weight excluding hydrogens is 197 g/mol. The smallest absolute Gasteiger partial charge is 0.359 e. The zero-order chi connectivity index (χ0) is 11.5. The summed E-state index contributed by atoms with van der Waals surface area (Å²) in [6.07, 6.45) is 1.61. The van der Waals surface area contributed by atoms with Gasteiger partial charge in [0.2, 0.25) is 6.86 Å². The summed E-state index contributed by atoms with van der Waals surface area (Å²) >= 11 is 0. The van der Waals surface area contributed by atoms with E-state index >= 15 is 0 Å². The molecule has 0 radical (unpaired) electrons. The Morgan fingerprint density at radius 1 is 1.47 bits per heavy atom. The quantitative estimate of drug-likeness (QED) is 0.705. The third-order valence-corrected chi connectivity index (χ3v) is 2.02. The van der Waals surface area contributed by atoms with Crippen LogP contribution in [0.3, 0.4) is 0 Å². The average molecular weight is 211 g/mol. The molecule has 0 aliphatic heterocycles. The van der Waals surface area contributed by atoms with Gasteiger partial charge in [0.25, 0.3) is 0 Å². The van der Waals surface area contributed by atoms with Crippen LogP contribution in [0.25, 0.3) is 0 Å². The molecule has 0 unspecified atom stereocenters. The lowest BCUT2D eigenvalue weighted by Crippen LogP contribution is -2.13. The summed E-state index contributed by atoms with van der Waals surface area (Å²) in [7, 11) is 0. The molecule has 0 aliphatic carbocycles. The lowest BCUT2D eigenvalue weighted by molar-refractivity contribution is 0.0317. The number of esters is 1. The van der Waals surface area contributed by atoms with Crippen LogP contribution in [-0.4, -0.2) is 17.8 Å². The van der Waals surface area contributed by atoms with E-state index in [1.54, 1.807) is 18.3 Å². The normalized spacial score (nSPS) is 11.2. The third-order valence-electron chi connectivity index (χ3n) is 2.02. The number of alkyl halides is 1. The van der Waals surface area contributed by atoms with Gasteiger partial charge in [-0.05, 0) is 17.0 Å². The van der Waals surface area contributed by atoms with Gasteiger partial charge in [0, 0.05) is 6.20 Å². The molecule has 3 nitrogen and oxygen atoms in total. The fourth-order valence-corrected chi connectivity index (χ4v) is 1.08. The number of ether oxygens (including phenoxy) is 1. The van der Waals surface area contributed by atoms with Gasteiger partial charge in [0.05, 0.1) is 0 Å². The van der Waals surface area contributed by atoms with Crippen LogP contribution in [0.2, 0.25) is 0 Å². The molecule has 0 N–H and O–H groups in total. The first-order valence-electron chi connectivity index (χ1n) is 4.65. The van der Waals surface area contributed by atoms with Crippen LogP contribution >= 0.6 is 0 Å². The molecule has 0 spiro atoms. The largest absolute Gasteiger partial charge is 0.429 e. The van der Waals surface area contributed by atoms with E-state index in [1.165, 1.54) is 0 Å². The Hall–Kier alpha value is -1.45. The van der Waals surface area contributed by atoms with Crippen LogP contribution in [0.1, 0.15) is 36.8 Å². The van der Waals surface area contributed by atoms with Crippen molar-refractivity contribution < 1.29 is 13.9 Å². The molecule has 1 rings (SSSR count). The maximum atomic E-state index is 11.7. The second-order valence-corrected chi connectivity index (χ2v) is 4.22. The second-order valence-electron chi connectivity index (χ2n) is 4.22. The maximum Gasteiger partial charge on any atom is 0.359 e. The zero-order valence-corrected chi connectivity index (χ0v) is 9.08. The number of hydrogen-bond acceptors (Lipinski definition) is 3. The van der Waals surface area contributed by atoms with E-state index in [9.17, 15) is 9.18 Å². The van der Waals surface area contributed by atoms with E-state index in [2.05, 4.69) is 9.72 Å². The minimum absolute atomic E-state index is 0.0183. The lowest BCUT2D eigenvalue weighted by atomic mass is 9.88. The molecule has 1 aromatic rings. The van der Waals surface area contributed by atoms with Gasteiger partial charge in [-0.2, -0.15) is 0 Å². The molecule has 0 bridgehead atoms. The Labute approximate surface area is 88.3 Å². The molecule has 1 aromatic heterocycles. The topological polar surface area (TPSA) is 39.2 Å². The summed E-state index contributed by atoms with van der Waals surface area (Å²) in [6.45, 7) is 5.01. The highest BCUT2D eigenvalue weighted by molar-refractivity contribution is 5.87. The third kappa shape index (κ3) is 3.01. The van der Waals surface area contributed by atoms with Gasteiger partial charge in [-0.1, -0.05) is 26.8 Å². The van der Waals surface area contributed by atoms with Gasteiger partial charge in [-0.15, -0.1) is 0 Å². The highest BCUT2D eigenvalue weighted by Gasteiger charge is 2.15. The van der Waals surface area contributed by atoms with E-state index in [-0.39, 0.29) is 11.1 Å². The van der Waals surface area contributed by atoms with Crippen LogP contribution < -0.4 is 0 Å². The maximum absolute atomic E-state index is 11.7. The minimum atomic E-state index is -1.12. The first-order chi connectivity index (χ1) is 6.95. The molecule has 15 heavy (non-hydrogen) atoms. The monoisotopic (exact) mass is 211 g/mol. The fraction of sp³-hybridized carbons (Fsp3) is 0.455. The number of pyridine rings is 1. The van der Waals surface area contributed by atoms with E-state index in [0.717, 1.165) is 5.56 Å². The molecule has 0 saturated carbocycles. The van der Waals surface area contributed by atoms with E-state index in [1.807, 2.05) is 20.8 Å². The first-order valence-corrected chi connectivity index (χ1v) is 4.65. The summed E-state index contributed by atoms with van der Waals surface area (Å²) in [5, 5.41) is 0. The van der Waals surface area contributed by atoms with Crippen LogP contribution in [0.5, 0.6) is 0 Å². The molecular formula is C11H14FNO2. The Morgan fingerprint density at radius 3 is 2.53 bits per heavy atom. The predicted molar refractivity (Wildman–Crippen MR) is 54.3 cm³/mol. The van der Waals surface area contributed by atoms with E-state index in [4.69, 9.17) is 0 Å². The molecule has 4 heteroatoms. The van der Waals surface area contributed by atoms with Gasteiger partial charge in [0.15, 0.2) is 0 Å². The molecule has 0 aliphatic rings. The van der Waals surface area contributed by atoms with E-state index in [0.29, 0.717) is 0 Å². The number of carbonyl (C=O) groups is 1. The molecule has 82 valence electrons. The zero-order valence-electron chi connectivity index (χ0n) is 9.08. The Bertz CT molecular complexity index is 341. The van der Waals surface area contributed by atoms with Crippen molar-refractivity contribution in [3.63, 3.8) is 0 Å². The van der Waals surface area contributed by atoms with Crippen LogP contribution in [0.15, 0.2) is 18.3 Å². The highest BCUT2D eigenvalue weighted by atomic mass is 19.1. The minimum Gasteiger partial charge on any atom is -0.429 e. The van der Waals surface area contributed by atoms with Crippen molar-refractivity contribution in [3.8, 4) is 0 Å². The Balaban J connectivity index is 2.86. The van der Waals surface area contributed by atoms with Crippen molar-refractivity contribution in [1.82, 2.24) is 4.98 Å². The molecule has 0 fully saturated rings. The van der Waals surface area contributed by atoms with Crippen LogP contribution in [0.4, 0.5) is 4.39 Å². The van der Waals surface area contributed by atoms with Gasteiger partial charge < -0.3 is 4.74 Å². The standard InChI is InChI=1S/C11H14FNO2/c1-11(2,3)8-4-5-9(13-6-8)10(14)15-7-12/h4-6H,7H2,1-3H3. The van der Waals surface area contributed by atoms with Crippen molar-refractivity contribution in [2.45, 2.75) is 26.2 Å². The molecule has 0 aromatic carbocycles. The van der Waals surface area contributed by atoms with Gasteiger partial charge in [-0.25, -0.2) is 14.2 Å². The fourth-order valence-electron chi connectivity index (χ4n) is 1.08. The molecule has 0 saturated heterocycles. The van der Waals surface area contributed by atoms with Gasteiger partial charge >= 0.3 is 5.97 Å². The SMILES string of the molecule is CC(C)(C)c1ccc(C(=O)OCF)nc1. The van der Waals surface area contributed by atoms with Crippen LogP contribution in [-0.2, 0) is 10.2 Å². The Morgan fingerprint density at radius 2 is 2.13 bits per heavy atom. The Kier molecular flexibility index (Phi) is 3.39. The lowest BCUT2D eigenvalue weighted by Gasteiger charge is -2.18. The van der Waals surface area contributed by atoms with Crippen LogP contribution in [0, 0.1) is 0 Å². The first kappa shape index (κ1) is 11.6. The molecule has 1 heterocycles. The van der Waals surface area contributed by atoms with Gasteiger partial charge in [0.1, 0.15) is 5.69 Å². The number of nitrogens with zero attached hydrogens (tertiary/aromatic N) is 1. The number of carbonyl (C=O) groups excluding carboxylic acids is 1. The highest BCUT2D eigenvalue weighted by Crippen LogP contribution is 2.20. The van der Waals surface area contributed by atoms with Gasteiger partial charge in [-0.3, -0.25) is 0 Å². The summed E-state index contributed by atoms with van der Waals surface area (Å²) in [4.78, 5) is 15.0. The number of rotatable bonds is 2.